The van der Waals surface area contributed by atoms with Gasteiger partial charge in [-0.25, -0.2) is 4.79 Å². The first-order valence-electron chi connectivity index (χ1n) is 9.59. The molecular weight excluding hydrogens is 325 g/mol. The number of carbonyl (C=O) groups is 2. The van der Waals surface area contributed by atoms with Gasteiger partial charge in [-0.1, -0.05) is 43.3 Å². The highest BCUT2D eigenvalue weighted by molar-refractivity contribution is 6.40. The Morgan fingerprint density at radius 2 is 1.88 bits per heavy atom. The molecule has 1 fully saturated rings. The van der Waals surface area contributed by atoms with Crippen LogP contribution in [-0.4, -0.2) is 49.9 Å². The fourth-order valence-corrected chi connectivity index (χ4v) is 3.91. The minimum atomic E-state index is -0.150. The summed E-state index contributed by atoms with van der Waals surface area (Å²) < 4.78 is 1.57. The molecule has 1 saturated carbocycles. The average molecular weight is 353 g/mol. The highest BCUT2D eigenvalue weighted by Crippen LogP contribution is 2.23. The van der Waals surface area contributed by atoms with Crippen molar-refractivity contribution in [3.05, 3.63) is 30.0 Å². The second-order valence-corrected chi connectivity index (χ2v) is 7.63. The Balaban J connectivity index is 1.86. The fourth-order valence-electron chi connectivity index (χ4n) is 3.91. The van der Waals surface area contributed by atoms with E-state index < -0.39 is 0 Å². The third kappa shape index (κ3) is 3.79. The highest BCUT2D eigenvalue weighted by atomic mass is 16.2. The maximum atomic E-state index is 12.9. The maximum Gasteiger partial charge on any atom is 0.328 e. The largest absolute Gasteiger partial charge is 0.352 e. The number of hydrogen-bond donors (Lipinski definition) is 1. The van der Waals surface area contributed by atoms with Gasteiger partial charge in [-0.2, -0.15) is 0 Å². The van der Waals surface area contributed by atoms with Crippen LogP contribution in [0.2, 0.25) is 0 Å². The molecule has 1 heterocycles. The van der Waals surface area contributed by atoms with Gasteiger partial charge in [-0.15, -0.1) is 0 Å². The van der Waals surface area contributed by atoms with Crippen LogP contribution in [0.5, 0.6) is 0 Å². The van der Waals surface area contributed by atoms with Crippen molar-refractivity contribution in [3.8, 4) is 0 Å². The molecule has 2 aromatic rings. The number of nitrogens with one attached hydrogen (secondary N) is 1. The van der Waals surface area contributed by atoms with E-state index in [1.807, 2.05) is 26.0 Å². The zero-order valence-corrected chi connectivity index (χ0v) is 16.0. The van der Waals surface area contributed by atoms with Crippen LogP contribution in [0.3, 0.4) is 0 Å². The molecule has 0 spiro atoms. The Morgan fingerprint density at radius 1 is 1.19 bits per heavy atom. The molecule has 0 unspecified atom stereocenters. The molecule has 5 nitrogen and oxygen atoms in total. The molecule has 6 heteroatoms. The van der Waals surface area contributed by atoms with E-state index in [4.69, 9.17) is 0 Å². The van der Waals surface area contributed by atoms with Gasteiger partial charge in [-0.3, -0.25) is 9.36 Å². The Bertz CT molecular complexity index is 805. The second-order valence-electron chi connectivity index (χ2n) is 7.63. The van der Waals surface area contributed by atoms with Gasteiger partial charge < -0.3 is 10.2 Å². The van der Waals surface area contributed by atoms with Gasteiger partial charge in [0.05, 0.1) is 11.1 Å². The number of rotatable bonds is 3. The lowest BCUT2D eigenvalue weighted by Gasteiger charge is -2.14. The Kier molecular flexibility index (Phi) is 5.69. The summed E-state index contributed by atoms with van der Waals surface area (Å²) in [6.45, 7) is 0.721. The summed E-state index contributed by atoms with van der Waals surface area (Å²) in [4.78, 5) is 26.9. The zero-order chi connectivity index (χ0) is 18.7. The molecule has 0 radical (unpaired) electrons. The third-order valence-corrected chi connectivity index (χ3v) is 5.40. The van der Waals surface area contributed by atoms with Crippen molar-refractivity contribution in [2.75, 3.05) is 20.6 Å². The van der Waals surface area contributed by atoms with E-state index in [0.717, 1.165) is 22.9 Å². The maximum absolute atomic E-state index is 12.9. The SMILES string of the molecule is Bc1cccc2c1c(C(=O)NCC1CCCCCC1)cn2C(=O)N(C)C. The van der Waals surface area contributed by atoms with Crippen molar-refractivity contribution in [1.29, 1.82) is 0 Å². The molecule has 0 aliphatic heterocycles. The fraction of sp³-hybridized carbons (Fsp3) is 0.500. The number of amides is 2. The molecular formula is C20H28BN3O2. The van der Waals surface area contributed by atoms with Gasteiger partial charge in [0.1, 0.15) is 7.85 Å². The lowest BCUT2D eigenvalue weighted by molar-refractivity contribution is 0.0947. The first kappa shape index (κ1) is 18.6. The van der Waals surface area contributed by atoms with Crippen molar-refractivity contribution in [2.24, 2.45) is 5.92 Å². The van der Waals surface area contributed by atoms with E-state index in [2.05, 4.69) is 5.32 Å². The summed E-state index contributed by atoms with van der Waals surface area (Å²) in [5, 5.41) is 3.98. The van der Waals surface area contributed by atoms with E-state index >= 15 is 0 Å². The van der Waals surface area contributed by atoms with Crippen LogP contribution in [-0.2, 0) is 0 Å². The third-order valence-electron chi connectivity index (χ3n) is 5.40. The quantitative estimate of drug-likeness (QED) is 0.679. The predicted octanol–water partition coefficient (Wildman–Crippen LogP) is 2.13. The molecule has 0 saturated heterocycles. The van der Waals surface area contributed by atoms with Gasteiger partial charge in [0.2, 0.25) is 0 Å². The number of hydrogen-bond acceptors (Lipinski definition) is 2. The average Bonchev–Trinajstić information content (AvgIpc) is 2.82. The molecule has 1 N–H and O–H groups in total. The minimum absolute atomic E-state index is 0.0844. The van der Waals surface area contributed by atoms with Crippen LogP contribution in [0.15, 0.2) is 24.4 Å². The van der Waals surface area contributed by atoms with Crippen molar-refractivity contribution >= 4 is 36.2 Å². The van der Waals surface area contributed by atoms with Crippen molar-refractivity contribution in [1.82, 2.24) is 14.8 Å². The summed E-state index contributed by atoms with van der Waals surface area (Å²) in [5.74, 6) is 0.484. The van der Waals surface area contributed by atoms with E-state index in [9.17, 15) is 9.59 Å². The molecule has 1 aliphatic carbocycles. The van der Waals surface area contributed by atoms with E-state index in [1.54, 1.807) is 24.9 Å². The van der Waals surface area contributed by atoms with Gasteiger partial charge in [0, 0.05) is 32.2 Å². The number of nitrogens with zero attached hydrogens (tertiary/aromatic N) is 2. The van der Waals surface area contributed by atoms with Gasteiger partial charge >= 0.3 is 6.03 Å². The summed E-state index contributed by atoms with van der Waals surface area (Å²) >= 11 is 0. The Morgan fingerprint density at radius 3 is 2.54 bits per heavy atom. The summed E-state index contributed by atoms with van der Waals surface area (Å²) in [6.07, 6.45) is 9.21. The topological polar surface area (TPSA) is 54.3 Å². The molecule has 2 amide bonds. The standard InChI is InChI=1S/C20H28BN3O2/c1-23(2)20(26)24-13-15(18-16(21)10-7-11-17(18)24)19(25)22-12-14-8-5-3-4-6-9-14/h7,10-11,13-14H,3-6,8-9,12,21H2,1-2H3,(H,22,25). The normalized spacial score (nSPS) is 15.6. The van der Waals surface area contributed by atoms with E-state index in [1.165, 1.54) is 43.4 Å². The highest BCUT2D eigenvalue weighted by Gasteiger charge is 2.21. The lowest BCUT2D eigenvalue weighted by Crippen LogP contribution is -2.30. The molecule has 3 rings (SSSR count). The Labute approximate surface area is 156 Å². The smallest absolute Gasteiger partial charge is 0.328 e. The molecule has 1 aromatic heterocycles. The second kappa shape index (κ2) is 7.98. The Hall–Kier alpha value is -2.24. The van der Waals surface area contributed by atoms with Crippen LogP contribution >= 0.6 is 0 Å². The first-order valence-corrected chi connectivity index (χ1v) is 9.59. The zero-order valence-electron chi connectivity index (χ0n) is 16.0. The number of aromatic nitrogens is 1. The van der Waals surface area contributed by atoms with Crippen molar-refractivity contribution in [2.45, 2.75) is 38.5 Å². The predicted molar refractivity (Wildman–Crippen MR) is 108 cm³/mol. The van der Waals surface area contributed by atoms with Gasteiger partial charge in [0.15, 0.2) is 0 Å². The summed E-state index contributed by atoms with van der Waals surface area (Å²) in [6, 6.07) is 5.65. The van der Waals surface area contributed by atoms with Crippen molar-refractivity contribution in [3.63, 3.8) is 0 Å². The molecule has 26 heavy (non-hydrogen) atoms. The minimum Gasteiger partial charge on any atom is -0.352 e. The number of fused-ring (bicyclic) bond motifs is 1. The summed E-state index contributed by atoms with van der Waals surface area (Å²) in [5.41, 5.74) is 2.37. The molecule has 1 aromatic carbocycles. The van der Waals surface area contributed by atoms with Crippen LogP contribution in [0, 0.1) is 5.92 Å². The molecule has 0 bridgehead atoms. The van der Waals surface area contributed by atoms with Crippen molar-refractivity contribution < 1.29 is 9.59 Å². The molecule has 0 atom stereocenters. The number of carbonyl (C=O) groups excluding carboxylic acids is 2. The molecule has 1 aliphatic rings. The lowest BCUT2D eigenvalue weighted by atomic mass is 9.90. The summed E-state index contributed by atoms with van der Waals surface area (Å²) in [7, 11) is 5.42. The van der Waals surface area contributed by atoms with Gasteiger partial charge in [-0.05, 0) is 24.8 Å². The van der Waals surface area contributed by atoms with Crippen LogP contribution in [0.25, 0.3) is 10.9 Å². The van der Waals surface area contributed by atoms with Gasteiger partial charge in [0.25, 0.3) is 5.91 Å². The molecule has 138 valence electrons. The van der Waals surface area contributed by atoms with Crippen LogP contribution < -0.4 is 10.8 Å². The van der Waals surface area contributed by atoms with Crippen LogP contribution in [0.4, 0.5) is 4.79 Å². The number of benzene rings is 1. The van der Waals surface area contributed by atoms with Crippen LogP contribution in [0.1, 0.15) is 48.9 Å². The van der Waals surface area contributed by atoms with E-state index in [0.29, 0.717) is 11.5 Å². The first-order chi connectivity index (χ1) is 12.5. The monoisotopic (exact) mass is 353 g/mol. The van der Waals surface area contributed by atoms with E-state index in [-0.39, 0.29) is 11.9 Å².